The SMILES string of the molecule is COc1nc(N(C)Cc2nc(C)cs2)ncc1Br. The van der Waals surface area contributed by atoms with Crippen LogP contribution in [0.5, 0.6) is 5.88 Å². The zero-order valence-electron chi connectivity index (χ0n) is 10.3. The highest BCUT2D eigenvalue weighted by Crippen LogP contribution is 2.23. The van der Waals surface area contributed by atoms with Crippen LogP contribution in [0.1, 0.15) is 10.7 Å². The molecule has 0 spiro atoms. The minimum Gasteiger partial charge on any atom is -0.480 e. The Hall–Kier alpha value is -1.21. The van der Waals surface area contributed by atoms with Gasteiger partial charge in [-0.1, -0.05) is 0 Å². The number of hydrogen-bond donors (Lipinski definition) is 0. The van der Waals surface area contributed by atoms with Gasteiger partial charge in [-0.15, -0.1) is 11.3 Å². The van der Waals surface area contributed by atoms with Crippen molar-refractivity contribution in [2.75, 3.05) is 19.1 Å². The molecular weight excluding hydrogens is 316 g/mol. The van der Waals surface area contributed by atoms with Crippen molar-refractivity contribution in [2.45, 2.75) is 13.5 Å². The van der Waals surface area contributed by atoms with Gasteiger partial charge < -0.3 is 9.64 Å². The van der Waals surface area contributed by atoms with Crippen LogP contribution < -0.4 is 9.64 Å². The van der Waals surface area contributed by atoms with E-state index in [9.17, 15) is 0 Å². The Morgan fingerprint density at radius 1 is 1.44 bits per heavy atom. The summed E-state index contributed by atoms with van der Waals surface area (Å²) in [5, 5.41) is 3.08. The fourth-order valence-electron chi connectivity index (χ4n) is 1.42. The monoisotopic (exact) mass is 328 g/mol. The first-order valence-corrected chi connectivity index (χ1v) is 6.96. The zero-order valence-corrected chi connectivity index (χ0v) is 12.7. The molecule has 0 unspecified atom stereocenters. The standard InChI is InChI=1S/C11H13BrN4OS/c1-7-6-18-9(14-7)5-16(2)11-13-4-8(12)10(15-11)17-3/h4,6H,5H2,1-3H3. The number of aromatic nitrogens is 3. The van der Waals surface area contributed by atoms with E-state index in [1.807, 2.05) is 24.3 Å². The Bertz CT molecular complexity index is 546. The van der Waals surface area contributed by atoms with Crippen LogP contribution in [0.3, 0.4) is 0 Å². The van der Waals surface area contributed by atoms with Gasteiger partial charge in [-0.3, -0.25) is 0 Å². The van der Waals surface area contributed by atoms with Gasteiger partial charge in [-0.2, -0.15) is 4.98 Å². The highest BCUT2D eigenvalue weighted by Gasteiger charge is 2.11. The molecule has 2 rings (SSSR count). The van der Waals surface area contributed by atoms with Gasteiger partial charge in [0.1, 0.15) is 5.01 Å². The van der Waals surface area contributed by atoms with Gasteiger partial charge in [0.2, 0.25) is 11.8 Å². The van der Waals surface area contributed by atoms with Crippen molar-refractivity contribution < 1.29 is 4.74 Å². The summed E-state index contributed by atoms with van der Waals surface area (Å²) in [7, 11) is 3.51. The molecule has 5 nitrogen and oxygen atoms in total. The highest BCUT2D eigenvalue weighted by molar-refractivity contribution is 9.10. The van der Waals surface area contributed by atoms with Crippen LogP contribution in [0, 0.1) is 6.92 Å². The van der Waals surface area contributed by atoms with Gasteiger partial charge in [0.05, 0.1) is 24.3 Å². The van der Waals surface area contributed by atoms with Gasteiger partial charge in [0, 0.05) is 18.1 Å². The number of halogens is 1. The van der Waals surface area contributed by atoms with Crippen LogP contribution >= 0.6 is 27.3 Å². The Labute approximate surface area is 118 Å². The van der Waals surface area contributed by atoms with Crippen molar-refractivity contribution in [2.24, 2.45) is 0 Å². The first kappa shape index (κ1) is 13.2. The molecule has 0 amide bonds. The Morgan fingerprint density at radius 3 is 2.83 bits per heavy atom. The van der Waals surface area contributed by atoms with Gasteiger partial charge in [-0.05, 0) is 22.9 Å². The lowest BCUT2D eigenvalue weighted by Crippen LogP contribution is -2.19. The number of nitrogens with zero attached hydrogens (tertiary/aromatic N) is 4. The topological polar surface area (TPSA) is 51.1 Å². The second-order valence-corrected chi connectivity index (χ2v) is 5.56. The molecule has 2 aromatic heterocycles. The van der Waals surface area contributed by atoms with Crippen molar-refractivity contribution in [3.05, 3.63) is 26.8 Å². The van der Waals surface area contributed by atoms with Crippen LogP contribution in [0.25, 0.3) is 0 Å². The summed E-state index contributed by atoms with van der Waals surface area (Å²) < 4.78 is 5.90. The van der Waals surface area contributed by atoms with E-state index < -0.39 is 0 Å². The first-order valence-electron chi connectivity index (χ1n) is 5.29. The van der Waals surface area contributed by atoms with E-state index in [1.165, 1.54) is 0 Å². The molecule has 0 fully saturated rings. The predicted octanol–water partition coefficient (Wildman–Crippen LogP) is 2.65. The molecule has 2 aromatic rings. The number of ether oxygens (including phenoxy) is 1. The predicted molar refractivity (Wildman–Crippen MR) is 75.2 cm³/mol. The molecule has 0 aliphatic heterocycles. The molecule has 7 heteroatoms. The van der Waals surface area contributed by atoms with Crippen LogP contribution in [0.2, 0.25) is 0 Å². The number of anilines is 1. The van der Waals surface area contributed by atoms with Crippen LogP contribution in [0.15, 0.2) is 16.0 Å². The number of thiazole rings is 1. The summed E-state index contributed by atoms with van der Waals surface area (Å²) in [4.78, 5) is 14.9. The largest absolute Gasteiger partial charge is 0.480 e. The third-order valence-electron chi connectivity index (χ3n) is 2.27. The van der Waals surface area contributed by atoms with E-state index in [0.717, 1.165) is 15.2 Å². The number of aryl methyl sites for hydroxylation is 1. The third kappa shape index (κ3) is 2.97. The molecular formula is C11H13BrN4OS. The van der Waals surface area contributed by atoms with Gasteiger partial charge >= 0.3 is 0 Å². The molecule has 0 atom stereocenters. The summed E-state index contributed by atoms with van der Waals surface area (Å²) in [6.07, 6.45) is 1.69. The van der Waals surface area contributed by atoms with Crippen molar-refractivity contribution in [3.63, 3.8) is 0 Å². The Kier molecular flexibility index (Phi) is 4.13. The molecule has 2 heterocycles. The molecule has 0 aliphatic carbocycles. The van der Waals surface area contributed by atoms with Crippen LogP contribution in [-0.2, 0) is 6.54 Å². The number of methoxy groups -OCH3 is 1. The zero-order chi connectivity index (χ0) is 13.1. The van der Waals surface area contributed by atoms with E-state index in [0.29, 0.717) is 18.4 Å². The molecule has 0 radical (unpaired) electrons. The number of hydrogen-bond acceptors (Lipinski definition) is 6. The van der Waals surface area contributed by atoms with Crippen LogP contribution in [-0.4, -0.2) is 29.1 Å². The van der Waals surface area contributed by atoms with E-state index in [-0.39, 0.29) is 0 Å². The second-order valence-electron chi connectivity index (χ2n) is 3.77. The van der Waals surface area contributed by atoms with E-state index in [1.54, 1.807) is 24.6 Å². The molecule has 0 aliphatic rings. The molecule has 0 aromatic carbocycles. The lowest BCUT2D eigenvalue weighted by Gasteiger charge is -2.16. The maximum atomic E-state index is 5.15. The Balaban J connectivity index is 2.15. The van der Waals surface area contributed by atoms with E-state index >= 15 is 0 Å². The maximum Gasteiger partial charge on any atom is 0.232 e. The lowest BCUT2D eigenvalue weighted by molar-refractivity contribution is 0.394. The smallest absolute Gasteiger partial charge is 0.232 e. The fraction of sp³-hybridized carbons (Fsp3) is 0.364. The quantitative estimate of drug-likeness (QED) is 0.863. The summed E-state index contributed by atoms with van der Waals surface area (Å²) in [5.74, 6) is 1.14. The highest BCUT2D eigenvalue weighted by atomic mass is 79.9. The fourth-order valence-corrected chi connectivity index (χ4v) is 2.60. The minimum absolute atomic E-state index is 0.530. The summed E-state index contributed by atoms with van der Waals surface area (Å²) in [6, 6.07) is 0. The van der Waals surface area contributed by atoms with Crippen molar-refractivity contribution in [1.29, 1.82) is 0 Å². The molecule has 0 bridgehead atoms. The summed E-state index contributed by atoms with van der Waals surface area (Å²) >= 11 is 4.97. The average molecular weight is 329 g/mol. The normalized spacial score (nSPS) is 10.4. The minimum atomic E-state index is 0.530. The third-order valence-corrected chi connectivity index (χ3v) is 3.77. The molecule has 18 heavy (non-hydrogen) atoms. The van der Waals surface area contributed by atoms with Crippen LogP contribution in [0.4, 0.5) is 5.95 Å². The van der Waals surface area contributed by atoms with Gasteiger partial charge in [0.15, 0.2) is 0 Å². The van der Waals surface area contributed by atoms with E-state index in [4.69, 9.17) is 4.74 Å². The first-order chi connectivity index (χ1) is 8.60. The summed E-state index contributed by atoms with van der Waals surface area (Å²) in [5.41, 5.74) is 1.04. The van der Waals surface area contributed by atoms with Crippen molar-refractivity contribution in [3.8, 4) is 5.88 Å². The van der Waals surface area contributed by atoms with Crippen molar-refractivity contribution >= 4 is 33.2 Å². The number of rotatable bonds is 4. The van der Waals surface area contributed by atoms with Gasteiger partial charge in [0.25, 0.3) is 0 Å². The molecule has 96 valence electrons. The second kappa shape index (κ2) is 5.62. The van der Waals surface area contributed by atoms with E-state index in [2.05, 4.69) is 30.9 Å². The Morgan fingerprint density at radius 2 is 2.22 bits per heavy atom. The molecule has 0 saturated carbocycles. The molecule has 0 saturated heterocycles. The average Bonchev–Trinajstić information content (AvgIpc) is 2.75. The summed E-state index contributed by atoms with van der Waals surface area (Å²) in [6.45, 7) is 2.67. The van der Waals surface area contributed by atoms with Gasteiger partial charge in [-0.25, -0.2) is 9.97 Å². The lowest BCUT2D eigenvalue weighted by atomic mass is 10.5. The molecule has 0 N–H and O–H groups in total. The maximum absolute atomic E-state index is 5.15. The van der Waals surface area contributed by atoms with Crippen molar-refractivity contribution in [1.82, 2.24) is 15.0 Å².